The summed E-state index contributed by atoms with van der Waals surface area (Å²) < 4.78 is 5.88. The fourth-order valence-corrected chi connectivity index (χ4v) is 2.93. The van der Waals surface area contributed by atoms with Gasteiger partial charge in [-0.25, -0.2) is 4.90 Å². The number of fused-ring (bicyclic) bond motifs is 2. The van der Waals surface area contributed by atoms with Crippen molar-refractivity contribution in [1.29, 1.82) is 0 Å². The Morgan fingerprint density at radius 1 is 0.957 bits per heavy atom. The van der Waals surface area contributed by atoms with Crippen LogP contribution >= 0.6 is 0 Å². The smallest absolute Gasteiger partial charge is 0.266 e. The molecule has 0 radical (unpaired) electrons. The molecule has 0 N–H and O–H groups in total. The maximum absolute atomic E-state index is 12.5. The van der Waals surface area contributed by atoms with Crippen molar-refractivity contribution >= 4 is 23.6 Å². The molecule has 2 aromatic carbocycles. The van der Waals surface area contributed by atoms with Gasteiger partial charge >= 0.3 is 0 Å². The number of carbonyl (C=O) groups is 2. The second-order valence-electron chi connectivity index (χ2n) is 6.25. The van der Waals surface area contributed by atoms with E-state index in [1.54, 1.807) is 36.4 Å². The molecule has 0 atom stereocenters. The molecule has 0 bridgehead atoms. The monoisotopic (exact) mass is 305 g/mol. The minimum absolute atomic E-state index is 0.286. The number of ether oxygens (including phenoxy) is 1. The highest BCUT2D eigenvalue weighted by atomic mass is 16.5. The Kier molecular flexibility index (Phi) is 2.73. The summed E-state index contributed by atoms with van der Waals surface area (Å²) in [5.41, 5.74) is 1.96. The molecule has 0 saturated heterocycles. The Morgan fingerprint density at radius 3 is 2.26 bits per heavy atom. The van der Waals surface area contributed by atoms with Crippen molar-refractivity contribution in [2.75, 3.05) is 4.90 Å². The maximum Gasteiger partial charge on any atom is 0.266 e. The van der Waals surface area contributed by atoms with Crippen LogP contribution in [-0.4, -0.2) is 17.4 Å². The molecule has 4 nitrogen and oxygen atoms in total. The second kappa shape index (κ2) is 4.56. The molecule has 4 rings (SSSR count). The molecule has 23 heavy (non-hydrogen) atoms. The maximum atomic E-state index is 12.5. The fourth-order valence-electron chi connectivity index (χ4n) is 2.93. The zero-order valence-electron chi connectivity index (χ0n) is 12.9. The molecular weight excluding hydrogens is 290 g/mol. The molecule has 0 aromatic heterocycles. The van der Waals surface area contributed by atoms with Crippen LogP contribution < -0.4 is 9.64 Å². The van der Waals surface area contributed by atoms with Crippen molar-refractivity contribution in [3.63, 3.8) is 0 Å². The number of nitrogens with zero attached hydrogens (tertiary/aromatic N) is 1. The lowest BCUT2D eigenvalue weighted by atomic mass is 10.0. The molecule has 0 spiro atoms. The third-order valence-electron chi connectivity index (χ3n) is 4.08. The van der Waals surface area contributed by atoms with Crippen LogP contribution in [0.5, 0.6) is 5.75 Å². The number of amides is 2. The highest BCUT2D eigenvalue weighted by Gasteiger charge is 2.36. The Hall–Kier alpha value is -2.88. The van der Waals surface area contributed by atoms with Gasteiger partial charge in [-0.1, -0.05) is 18.2 Å². The van der Waals surface area contributed by atoms with Gasteiger partial charge in [-0.15, -0.1) is 0 Å². The van der Waals surface area contributed by atoms with E-state index in [0.717, 1.165) is 11.3 Å². The number of anilines is 1. The SMILES string of the molecule is CC1(C)C=Cc2cc(N3C(=O)c4ccccc4C3=O)ccc2O1. The molecule has 2 aromatic rings. The number of carbonyl (C=O) groups excluding carboxylic acids is 2. The van der Waals surface area contributed by atoms with E-state index in [9.17, 15) is 9.59 Å². The molecule has 2 heterocycles. The topological polar surface area (TPSA) is 46.6 Å². The van der Waals surface area contributed by atoms with Crippen LogP contribution in [0.25, 0.3) is 6.08 Å². The molecule has 0 aliphatic carbocycles. The summed E-state index contributed by atoms with van der Waals surface area (Å²) >= 11 is 0. The zero-order valence-corrected chi connectivity index (χ0v) is 12.9. The van der Waals surface area contributed by atoms with Crippen molar-refractivity contribution in [2.24, 2.45) is 0 Å². The zero-order chi connectivity index (χ0) is 16.2. The van der Waals surface area contributed by atoms with Gasteiger partial charge in [0.05, 0.1) is 16.8 Å². The lowest BCUT2D eigenvalue weighted by Crippen LogP contribution is -2.30. The molecule has 4 heteroatoms. The number of benzene rings is 2. The van der Waals surface area contributed by atoms with Crippen LogP contribution in [0, 0.1) is 0 Å². The third-order valence-corrected chi connectivity index (χ3v) is 4.08. The summed E-state index contributed by atoms with van der Waals surface area (Å²) in [5, 5.41) is 0. The predicted octanol–water partition coefficient (Wildman–Crippen LogP) is 3.67. The van der Waals surface area contributed by atoms with Crippen molar-refractivity contribution in [3.05, 3.63) is 65.2 Å². The van der Waals surface area contributed by atoms with Crippen molar-refractivity contribution in [1.82, 2.24) is 0 Å². The molecular formula is C19H15NO3. The van der Waals surface area contributed by atoms with Crippen LogP contribution in [0.1, 0.15) is 40.1 Å². The Labute approximate surface area is 134 Å². The molecule has 114 valence electrons. The fraction of sp³-hybridized carbons (Fsp3) is 0.158. The molecule has 0 fully saturated rings. The normalized spacial score (nSPS) is 17.7. The van der Waals surface area contributed by atoms with E-state index in [1.165, 1.54) is 4.90 Å². The number of imide groups is 1. The molecule has 2 aliphatic rings. The number of hydrogen-bond acceptors (Lipinski definition) is 3. The van der Waals surface area contributed by atoms with Crippen molar-refractivity contribution < 1.29 is 14.3 Å². The predicted molar refractivity (Wildman–Crippen MR) is 87.8 cm³/mol. The minimum Gasteiger partial charge on any atom is -0.483 e. The first kappa shape index (κ1) is 13.8. The average molecular weight is 305 g/mol. The Bertz CT molecular complexity index is 845. The van der Waals surface area contributed by atoms with Gasteiger partial charge in [0, 0.05) is 5.56 Å². The molecule has 2 amide bonds. The summed E-state index contributed by atoms with van der Waals surface area (Å²) in [7, 11) is 0. The van der Waals surface area contributed by atoms with Gasteiger partial charge in [-0.3, -0.25) is 9.59 Å². The van der Waals surface area contributed by atoms with Gasteiger partial charge in [0.25, 0.3) is 11.8 Å². The first-order chi connectivity index (χ1) is 11.0. The quantitative estimate of drug-likeness (QED) is 0.755. The second-order valence-corrected chi connectivity index (χ2v) is 6.25. The number of hydrogen-bond donors (Lipinski definition) is 0. The minimum atomic E-state index is -0.357. The van der Waals surface area contributed by atoms with Crippen LogP contribution in [0.3, 0.4) is 0 Å². The summed E-state index contributed by atoms with van der Waals surface area (Å²) in [4.78, 5) is 26.3. The lowest BCUT2D eigenvalue weighted by Gasteiger charge is -2.28. The Morgan fingerprint density at radius 2 is 1.61 bits per heavy atom. The third kappa shape index (κ3) is 2.06. The van der Waals surface area contributed by atoms with E-state index < -0.39 is 0 Å². The average Bonchev–Trinajstić information content (AvgIpc) is 2.78. The van der Waals surface area contributed by atoms with Gasteiger partial charge in [0.15, 0.2) is 0 Å². The first-order valence-corrected chi connectivity index (χ1v) is 7.46. The van der Waals surface area contributed by atoms with Gasteiger partial charge in [0.2, 0.25) is 0 Å². The van der Waals surface area contributed by atoms with E-state index in [-0.39, 0.29) is 17.4 Å². The van der Waals surface area contributed by atoms with E-state index in [1.807, 2.05) is 32.1 Å². The largest absolute Gasteiger partial charge is 0.483 e. The van der Waals surface area contributed by atoms with Crippen molar-refractivity contribution in [2.45, 2.75) is 19.4 Å². The summed E-state index contributed by atoms with van der Waals surface area (Å²) in [6, 6.07) is 12.2. The standard InChI is InChI=1S/C19H15NO3/c1-19(2)10-9-12-11-13(7-8-16(12)23-19)20-17(21)14-5-3-4-6-15(14)18(20)22/h3-11H,1-2H3. The molecule has 0 unspecified atom stereocenters. The van der Waals surface area contributed by atoms with E-state index >= 15 is 0 Å². The first-order valence-electron chi connectivity index (χ1n) is 7.46. The van der Waals surface area contributed by atoms with Crippen LogP contribution in [-0.2, 0) is 0 Å². The molecule has 2 aliphatic heterocycles. The summed E-state index contributed by atoms with van der Waals surface area (Å²) in [6.07, 6.45) is 3.92. The number of rotatable bonds is 1. The van der Waals surface area contributed by atoms with Crippen LogP contribution in [0.2, 0.25) is 0 Å². The highest BCUT2D eigenvalue weighted by Crippen LogP contribution is 2.36. The van der Waals surface area contributed by atoms with Gasteiger partial charge in [-0.2, -0.15) is 0 Å². The lowest BCUT2D eigenvalue weighted by molar-refractivity contribution is 0.0926. The summed E-state index contributed by atoms with van der Waals surface area (Å²) in [6.45, 7) is 3.95. The molecule has 0 saturated carbocycles. The Balaban J connectivity index is 1.76. The summed E-state index contributed by atoms with van der Waals surface area (Å²) in [5.74, 6) is 0.177. The van der Waals surface area contributed by atoms with Crippen molar-refractivity contribution in [3.8, 4) is 5.75 Å². The van der Waals surface area contributed by atoms with Crippen LogP contribution in [0.4, 0.5) is 5.69 Å². The van der Waals surface area contributed by atoms with Gasteiger partial charge in [0.1, 0.15) is 11.4 Å². The van der Waals surface area contributed by atoms with Gasteiger partial charge in [-0.05, 0) is 50.3 Å². The highest BCUT2D eigenvalue weighted by molar-refractivity contribution is 6.34. The van der Waals surface area contributed by atoms with E-state index in [0.29, 0.717) is 16.8 Å². The van der Waals surface area contributed by atoms with E-state index in [2.05, 4.69) is 0 Å². The van der Waals surface area contributed by atoms with Gasteiger partial charge < -0.3 is 4.74 Å². The van der Waals surface area contributed by atoms with Crippen LogP contribution in [0.15, 0.2) is 48.5 Å². The van der Waals surface area contributed by atoms with E-state index in [4.69, 9.17) is 4.74 Å².